The highest BCUT2D eigenvalue weighted by Crippen LogP contribution is 2.35. The van der Waals surface area contributed by atoms with Gasteiger partial charge in [-0.1, -0.05) is 11.6 Å². The van der Waals surface area contributed by atoms with E-state index in [2.05, 4.69) is 4.72 Å². The third kappa shape index (κ3) is 4.29. The van der Waals surface area contributed by atoms with E-state index in [1.54, 1.807) is 0 Å². The maximum Gasteiger partial charge on any atom is 0.416 e. The lowest BCUT2D eigenvalue weighted by Gasteiger charge is -2.15. The van der Waals surface area contributed by atoms with Crippen LogP contribution in [-0.2, 0) is 16.2 Å². The Morgan fingerprint density at radius 3 is 2.28 bits per heavy atom. The van der Waals surface area contributed by atoms with E-state index in [-0.39, 0.29) is 16.5 Å². The maximum atomic E-state index is 12.8. The van der Waals surface area contributed by atoms with Crippen LogP contribution in [0.1, 0.15) is 5.56 Å². The summed E-state index contributed by atoms with van der Waals surface area (Å²) >= 11 is 5.78. The molecule has 10 heteroatoms. The molecule has 0 aliphatic rings. The standard InChI is InChI=1S/C15H13ClF3NO4S/c1-23-10-4-6-12(13(8-10)24-2)20-25(21,22)14-7-9(15(17,18)19)3-5-11(14)16/h3-8,20H,1-2H3. The van der Waals surface area contributed by atoms with Gasteiger partial charge < -0.3 is 9.47 Å². The largest absolute Gasteiger partial charge is 0.497 e. The molecule has 0 bridgehead atoms. The minimum atomic E-state index is -4.70. The van der Waals surface area contributed by atoms with Crippen LogP contribution >= 0.6 is 11.6 Å². The fourth-order valence-electron chi connectivity index (χ4n) is 1.97. The number of rotatable bonds is 5. The number of ether oxygens (including phenoxy) is 2. The van der Waals surface area contributed by atoms with E-state index in [4.69, 9.17) is 21.1 Å². The summed E-state index contributed by atoms with van der Waals surface area (Å²) in [7, 11) is -1.65. The van der Waals surface area contributed by atoms with Crippen molar-refractivity contribution in [3.63, 3.8) is 0 Å². The first-order valence-corrected chi connectivity index (χ1v) is 8.56. The summed E-state index contributed by atoms with van der Waals surface area (Å²) in [5.74, 6) is 0.544. The number of alkyl halides is 3. The van der Waals surface area contributed by atoms with Crippen LogP contribution in [-0.4, -0.2) is 22.6 Å². The molecule has 0 heterocycles. The SMILES string of the molecule is COc1ccc(NS(=O)(=O)c2cc(C(F)(F)F)ccc2Cl)c(OC)c1. The number of anilines is 1. The Hall–Kier alpha value is -2.13. The first kappa shape index (κ1) is 19.2. The summed E-state index contributed by atoms with van der Waals surface area (Å²) in [5.41, 5.74) is -1.10. The molecule has 1 N–H and O–H groups in total. The van der Waals surface area contributed by atoms with Gasteiger partial charge in [-0.3, -0.25) is 4.72 Å². The first-order valence-electron chi connectivity index (χ1n) is 6.70. The van der Waals surface area contributed by atoms with Crippen LogP contribution in [0, 0.1) is 0 Å². The number of nitrogens with one attached hydrogen (secondary N) is 1. The molecule has 0 aliphatic carbocycles. The smallest absolute Gasteiger partial charge is 0.416 e. The Balaban J connectivity index is 2.47. The van der Waals surface area contributed by atoms with Crippen LogP contribution in [0.5, 0.6) is 11.5 Å². The minimum Gasteiger partial charge on any atom is -0.497 e. The molecule has 0 radical (unpaired) electrons. The quantitative estimate of drug-likeness (QED) is 0.825. The molecule has 2 aromatic carbocycles. The second-order valence-electron chi connectivity index (χ2n) is 4.81. The van der Waals surface area contributed by atoms with Gasteiger partial charge in [0.15, 0.2) is 0 Å². The van der Waals surface area contributed by atoms with Crippen LogP contribution in [0.25, 0.3) is 0 Å². The molecule has 0 fully saturated rings. The van der Waals surface area contributed by atoms with E-state index in [9.17, 15) is 21.6 Å². The second kappa shape index (κ2) is 7.01. The maximum absolute atomic E-state index is 12.8. The highest BCUT2D eigenvalue weighted by Gasteiger charge is 2.33. The molecule has 0 aliphatic heterocycles. The Kier molecular flexibility index (Phi) is 5.38. The topological polar surface area (TPSA) is 64.6 Å². The number of sulfonamides is 1. The van der Waals surface area contributed by atoms with Crippen molar-refractivity contribution in [2.45, 2.75) is 11.1 Å². The second-order valence-corrected chi connectivity index (χ2v) is 6.87. The molecule has 0 aromatic heterocycles. The summed E-state index contributed by atoms with van der Waals surface area (Å²) in [6.45, 7) is 0. The van der Waals surface area contributed by atoms with Crippen LogP contribution in [0.3, 0.4) is 0 Å². The Bertz CT molecular complexity index is 885. The molecule has 0 spiro atoms. The first-order chi connectivity index (χ1) is 11.6. The van der Waals surface area contributed by atoms with Gasteiger partial charge in [0, 0.05) is 6.07 Å². The van der Waals surface area contributed by atoms with Gasteiger partial charge in [-0.2, -0.15) is 13.2 Å². The van der Waals surface area contributed by atoms with Crippen LogP contribution in [0.4, 0.5) is 18.9 Å². The third-order valence-corrected chi connectivity index (χ3v) is 5.05. The average molecular weight is 396 g/mol. The number of hydrogen-bond acceptors (Lipinski definition) is 4. The number of hydrogen-bond donors (Lipinski definition) is 1. The van der Waals surface area contributed by atoms with E-state index in [1.807, 2.05) is 0 Å². The minimum absolute atomic E-state index is 0.0248. The van der Waals surface area contributed by atoms with Gasteiger partial charge in [-0.05, 0) is 30.3 Å². The zero-order valence-corrected chi connectivity index (χ0v) is 14.6. The molecular formula is C15H13ClF3NO4S. The Labute approximate surface area is 147 Å². The number of benzene rings is 2. The van der Waals surface area contributed by atoms with Gasteiger partial charge >= 0.3 is 6.18 Å². The monoisotopic (exact) mass is 395 g/mol. The van der Waals surface area contributed by atoms with E-state index in [0.717, 1.165) is 6.07 Å². The van der Waals surface area contributed by atoms with E-state index in [0.29, 0.717) is 17.9 Å². The third-order valence-electron chi connectivity index (χ3n) is 3.20. The van der Waals surface area contributed by atoms with E-state index >= 15 is 0 Å². The Morgan fingerprint density at radius 1 is 1.04 bits per heavy atom. The molecular weight excluding hydrogens is 383 g/mol. The lowest BCUT2D eigenvalue weighted by atomic mass is 10.2. The van der Waals surface area contributed by atoms with Crippen molar-refractivity contribution in [1.82, 2.24) is 0 Å². The fraction of sp³-hybridized carbons (Fsp3) is 0.200. The van der Waals surface area contributed by atoms with Crippen molar-refractivity contribution < 1.29 is 31.1 Å². The van der Waals surface area contributed by atoms with Crippen molar-refractivity contribution in [1.29, 1.82) is 0 Å². The number of methoxy groups -OCH3 is 2. The zero-order chi connectivity index (χ0) is 18.8. The molecule has 2 aromatic rings. The lowest BCUT2D eigenvalue weighted by molar-refractivity contribution is -0.137. The summed E-state index contributed by atoms with van der Waals surface area (Å²) in [6, 6.07) is 6.30. The molecule has 0 saturated heterocycles. The molecule has 0 amide bonds. The normalized spacial score (nSPS) is 11.9. The molecule has 0 atom stereocenters. The van der Waals surface area contributed by atoms with Gasteiger partial charge in [0.2, 0.25) is 0 Å². The molecule has 25 heavy (non-hydrogen) atoms. The van der Waals surface area contributed by atoms with Crippen molar-refractivity contribution >= 4 is 27.3 Å². The summed E-state index contributed by atoms with van der Waals surface area (Å²) in [4.78, 5) is -0.693. The fourth-order valence-corrected chi connectivity index (χ4v) is 3.57. The van der Waals surface area contributed by atoms with Crippen LogP contribution < -0.4 is 14.2 Å². The predicted molar refractivity (Wildman–Crippen MR) is 86.8 cm³/mol. The van der Waals surface area contributed by atoms with Crippen molar-refractivity contribution in [3.8, 4) is 11.5 Å². The van der Waals surface area contributed by atoms with Crippen molar-refractivity contribution in [2.75, 3.05) is 18.9 Å². The summed E-state index contributed by atoms with van der Waals surface area (Å²) in [6.07, 6.45) is -4.70. The Morgan fingerprint density at radius 2 is 1.72 bits per heavy atom. The van der Waals surface area contributed by atoms with Crippen LogP contribution in [0.15, 0.2) is 41.3 Å². The molecule has 5 nitrogen and oxygen atoms in total. The van der Waals surface area contributed by atoms with Gasteiger partial charge in [-0.25, -0.2) is 8.42 Å². The average Bonchev–Trinajstić information content (AvgIpc) is 2.54. The van der Waals surface area contributed by atoms with Crippen molar-refractivity contribution in [3.05, 3.63) is 47.0 Å². The van der Waals surface area contributed by atoms with E-state index < -0.39 is 26.7 Å². The number of halogens is 4. The molecule has 0 unspecified atom stereocenters. The lowest BCUT2D eigenvalue weighted by Crippen LogP contribution is -2.16. The van der Waals surface area contributed by atoms with Gasteiger partial charge in [0.25, 0.3) is 10.0 Å². The van der Waals surface area contributed by atoms with Gasteiger partial charge in [0.05, 0.1) is 30.5 Å². The van der Waals surface area contributed by atoms with Gasteiger partial charge in [-0.15, -0.1) is 0 Å². The highest BCUT2D eigenvalue weighted by molar-refractivity contribution is 7.92. The summed E-state index contributed by atoms with van der Waals surface area (Å²) in [5, 5.41) is -0.340. The zero-order valence-electron chi connectivity index (χ0n) is 13.0. The van der Waals surface area contributed by atoms with Crippen molar-refractivity contribution in [2.24, 2.45) is 0 Å². The molecule has 136 valence electrons. The predicted octanol–water partition coefficient (Wildman–Crippen LogP) is 4.18. The molecule has 0 saturated carbocycles. The van der Waals surface area contributed by atoms with Crippen LogP contribution in [0.2, 0.25) is 5.02 Å². The van der Waals surface area contributed by atoms with E-state index in [1.165, 1.54) is 32.4 Å². The summed E-state index contributed by atoms with van der Waals surface area (Å²) < 4.78 is 75.6. The highest BCUT2D eigenvalue weighted by atomic mass is 35.5. The van der Waals surface area contributed by atoms with Gasteiger partial charge in [0.1, 0.15) is 16.4 Å². The molecule has 2 rings (SSSR count).